The average Bonchev–Trinajstić information content (AvgIpc) is 2.62. The number of rotatable bonds is 2. The summed E-state index contributed by atoms with van der Waals surface area (Å²) in [5, 5.41) is 9.01. The van der Waals surface area contributed by atoms with Gasteiger partial charge < -0.3 is 15.1 Å². The number of carbonyl (C=O) groups is 1. The van der Waals surface area contributed by atoms with Crippen LogP contribution in [0.3, 0.4) is 0 Å². The normalized spacial score (nSPS) is 17.9. The highest BCUT2D eigenvalue weighted by Crippen LogP contribution is 2.32. The van der Waals surface area contributed by atoms with Crippen LogP contribution >= 0.6 is 12.2 Å². The second kappa shape index (κ2) is 4.18. The topological polar surface area (TPSA) is 68.9 Å². The van der Waals surface area contributed by atoms with Crippen LogP contribution in [0.2, 0.25) is 0 Å². The summed E-state index contributed by atoms with van der Waals surface area (Å²) in [6.07, 6.45) is 5.72. The lowest BCUT2D eigenvalue weighted by Gasteiger charge is -2.20. The van der Waals surface area contributed by atoms with Gasteiger partial charge in [-0.3, -0.25) is 0 Å². The molecule has 0 spiro atoms. The first-order valence-electron chi connectivity index (χ1n) is 5.24. The van der Waals surface area contributed by atoms with Crippen LogP contribution < -0.4 is 0 Å². The molecule has 0 aromatic carbocycles. The molecule has 1 aliphatic carbocycles. The second-order valence-electron chi connectivity index (χ2n) is 4.01. The Hall–Kier alpha value is -1.10. The largest absolute Gasteiger partial charge is 0.477 e. The summed E-state index contributed by atoms with van der Waals surface area (Å²) in [6, 6.07) is 0. The molecule has 15 heavy (non-hydrogen) atoms. The second-order valence-corrected chi connectivity index (χ2v) is 4.42. The smallest absolute Gasteiger partial charge is 0.354 e. The minimum atomic E-state index is -0.928. The lowest BCUT2D eigenvalue weighted by molar-refractivity contribution is 0.0688. The number of carboxylic acids is 1. The van der Waals surface area contributed by atoms with Gasteiger partial charge in [-0.25, -0.2) is 4.79 Å². The molecule has 0 bridgehead atoms. The van der Waals surface area contributed by atoms with E-state index in [1.54, 1.807) is 0 Å². The first-order valence-corrected chi connectivity index (χ1v) is 5.65. The van der Waals surface area contributed by atoms with Crippen molar-refractivity contribution in [2.45, 2.75) is 38.0 Å². The molecule has 4 nitrogen and oxygen atoms in total. The Balaban J connectivity index is 2.33. The standard InChI is InChI=1S/C10H14N2O2S/c13-9(14)8-7(11-10(15)12-8)6-4-2-1-3-5-6/h6H,1-5H2,(H,13,14)(H2,11,12,15). The van der Waals surface area contributed by atoms with Crippen LogP contribution in [0.25, 0.3) is 0 Å². The third-order valence-corrected chi connectivity index (χ3v) is 3.19. The molecular weight excluding hydrogens is 212 g/mol. The van der Waals surface area contributed by atoms with Crippen molar-refractivity contribution in [3.63, 3.8) is 0 Å². The number of hydrogen-bond donors (Lipinski definition) is 3. The highest BCUT2D eigenvalue weighted by molar-refractivity contribution is 7.71. The van der Waals surface area contributed by atoms with E-state index < -0.39 is 5.97 Å². The van der Waals surface area contributed by atoms with Crippen molar-refractivity contribution in [2.24, 2.45) is 0 Å². The first kappa shape index (κ1) is 10.4. The number of aromatic amines is 2. The van der Waals surface area contributed by atoms with E-state index in [0.29, 0.717) is 10.7 Å². The van der Waals surface area contributed by atoms with Crippen LogP contribution in [0.1, 0.15) is 54.2 Å². The molecule has 0 unspecified atom stereocenters. The summed E-state index contributed by atoms with van der Waals surface area (Å²) in [6.45, 7) is 0. The molecule has 1 saturated carbocycles. The summed E-state index contributed by atoms with van der Waals surface area (Å²) in [4.78, 5) is 16.7. The Labute approximate surface area is 92.7 Å². The van der Waals surface area contributed by atoms with E-state index in [4.69, 9.17) is 17.3 Å². The van der Waals surface area contributed by atoms with Crippen LogP contribution in [0.4, 0.5) is 0 Å². The van der Waals surface area contributed by atoms with E-state index in [1.807, 2.05) is 0 Å². The van der Waals surface area contributed by atoms with Gasteiger partial charge in [0.1, 0.15) is 5.69 Å². The fraction of sp³-hybridized carbons (Fsp3) is 0.600. The van der Waals surface area contributed by atoms with Gasteiger partial charge in [0.15, 0.2) is 4.77 Å². The van der Waals surface area contributed by atoms with Crippen molar-refractivity contribution >= 4 is 18.2 Å². The zero-order valence-corrected chi connectivity index (χ0v) is 9.19. The molecule has 1 heterocycles. The predicted octanol–water partition coefficient (Wildman–Crippen LogP) is 2.82. The summed E-state index contributed by atoms with van der Waals surface area (Å²) in [5.74, 6) is -0.597. The maximum Gasteiger partial charge on any atom is 0.354 e. The quantitative estimate of drug-likeness (QED) is 0.679. The van der Waals surface area contributed by atoms with Crippen molar-refractivity contribution in [3.8, 4) is 0 Å². The molecule has 0 amide bonds. The number of H-pyrrole nitrogens is 2. The Kier molecular flexibility index (Phi) is 2.90. The lowest BCUT2D eigenvalue weighted by Crippen LogP contribution is -2.10. The molecule has 0 radical (unpaired) electrons. The molecule has 5 heteroatoms. The predicted molar refractivity (Wildman–Crippen MR) is 58.8 cm³/mol. The summed E-state index contributed by atoms with van der Waals surface area (Å²) < 4.78 is 0.410. The van der Waals surface area contributed by atoms with Crippen LogP contribution in [-0.4, -0.2) is 21.0 Å². The fourth-order valence-corrected chi connectivity index (χ4v) is 2.48. The zero-order chi connectivity index (χ0) is 10.8. The first-order chi connectivity index (χ1) is 7.18. The fourth-order valence-electron chi connectivity index (χ4n) is 2.26. The van der Waals surface area contributed by atoms with Gasteiger partial charge in [-0.2, -0.15) is 0 Å². The summed E-state index contributed by atoms with van der Waals surface area (Å²) in [7, 11) is 0. The van der Waals surface area contributed by atoms with Gasteiger partial charge in [-0.05, 0) is 25.1 Å². The highest BCUT2D eigenvalue weighted by Gasteiger charge is 2.23. The van der Waals surface area contributed by atoms with Gasteiger partial charge in [0.25, 0.3) is 0 Å². The number of imidazole rings is 1. The maximum atomic E-state index is 11.0. The molecule has 0 aliphatic heterocycles. The average molecular weight is 226 g/mol. The van der Waals surface area contributed by atoms with E-state index in [1.165, 1.54) is 19.3 Å². The summed E-state index contributed by atoms with van der Waals surface area (Å²) in [5.41, 5.74) is 1.03. The highest BCUT2D eigenvalue weighted by atomic mass is 32.1. The maximum absolute atomic E-state index is 11.0. The van der Waals surface area contributed by atoms with Gasteiger partial charge in [0, 0.05) is 5.92 Å². The molecule has 1 fully saturated rings. The van der Waals surface area contributed by atoms with Crippen LogP contribution in [0, 0.1) is 4.77 Å². The minimum Gasteiger partial charge on any atom is -0.477 e. The Morgan fingerprint density at radius 2 is 1.93 bits per heavy atom. The summed E-state index contributed by atoms with van der Waals surface area (Å²) >= 11 is 4.93. The van der Waals surface area contributed by atoms with E-state index in [9.17, 15) is 4.79 Å². The van der Waals surface area contributed by atoms with Gasteiger partial charge in [0.05, 0.1) is 5.69 Å². The number of nitrogens with one attached hydrogen (secondary N) is 2. The lowest BCUT2D eigenvalue weighted by atomic mass is 9.86. The third kappa shape index (κ3) is 2.12. The SMILES string of the molecule is O=C(O)c1[nH]c(=S)[nH]c1C1CCCCC1. The van der Waals surface area contributed by atoms with E-state index >= 15 is 0 Å². The van der Waals surface area contributed by atoms with Crippen LogP contribution in [0.15, 0.2) is 0 Å². The van der Waals surface area contributed by atoms with E-state index in [0.717, 1.165) is 18.5 Å². The van der Waals surface area contributed by atoms with E-state index in [-0.39, 0.29) is 5.69 Å². The van der Waals surface area contributed by atoms with Crippen LogP contribution in [-0.2, 0) is 0 Å². The molecule has 0 atom stereocenters. The molecule has 1 aliphatic rings. The molecule has 3 N–H and O–H groups in total. The zero-order valence-electron chi connectivity index (χ0n) is 8.38. The monoisotopic (exact) mass is 226 g/mol. The third-order valence-electron chi connectivity index (χ3n) is 2.98. The molecule has 0 saturated heterocycles. The Bertz CT molecular complexity index is 415. The molecule has 1 aromatic heterocycles. The molecule has 1 aromatic rings. The van der Waals surface area contributed by atoms with Gasteiger partial charge in [-0.1, -0.05) is 19.3 Å². The Morgan fingerprint density at radius 1 is 1.27 bits per heavy atom. The van der Waals surface area contributed by atoms with Crippen molar-refractivity contribution in [1.29, 1.82) is 0 Å². The molecule has 82 valence electrons. The van der Waals surface area contributed by atoms with E-state index in [2.05, 4.69) is 9.97 Å². The number of aromatic carboxylic acids is 1. The van der Waals surface area contributed by atoms with Crippen LogP contribution in [0.5, 0.6) is 0 Å². The van der Waals surface area contributed by atoms with Crippen molar-refractivity contribution < 1.29 is 9.90 Å². The van der Waals surface area contributed by atoms with Gasteiger partial charge >= 0.3 is 5.97 Å². The van der Waals surface area contributed by atoms with Crippen molar-refractivity contribution in [1.82, 2.24) is 9.97 Å². The van der Waals surface area contributed by atoms with Gasteiger partial charge in [0.2, 0.25) is 0 Å². The number of carboxylic acid groups (broad SMARTS) is 1. The Morgan fingerprint density at radius 3 is 2.53 bits per heavy atom. The molecular formula is C10H14N2O2S. The van der Waals surface area contributed by atoms with Gasteiger partial charge in [-0.15, -0.1) is 0 Å². The molecule has 2 rings (SSSR count). The minimum absolute atomic E-state index is 0.243. The number of aromatic nitrogens is 2. The number of hydrogen-bond acceptors (Lipinski definition) is 2. The van der Waals surface area contributed by atoms with Crippen molar-refractivity contribution in [3.05, 3.63) is 16.2 Å². The van der Waals surface area contributed by atoms with Crippen molar-refractivity contribution in [2.75, 3.05) is 0 Å².